The molecule has 1 heterocycles. The Morgan fingerprint density at radius 2 is 2.19 bits per heavy atom. The molecule has 21 heavy (non-hydrogen) atoms. The van der Waals surface area contributed by atoms with Gasteiger partial charge in [0.25, 0.3) is 5.69 Å². The van der Waals surface area contributed by atoms with Crippen molar-refractivity contribution >= 4 is 21.2 Å². The first-order valence-electron chi connectivity index (χ1n) is 6.68. The zero-order chi connectivity index (χ0) is 15.6. The number of hydrogen-bond acceptors (Lipinski definition) is 6. The predicted molar refractivity (Wildman–Crippen MR) is 81.2 cm³/mol. The maximum absolute atomic E-state index is 11.5. The molecule has 1 aromatic rings. The average Bonchev–Trinajstić information content (AvgIpc) is 2.78. The van der Waals surface area contributed by atoms with Crippen molar-refractivity contribution in [1.29, 1.82) is 0 Å². The lowest BCUT2D eigenvalue weighted by Crippen LogP contribution is -2.32. The molecule has 1 atom stereocenters. The Hall–Kier alpha value is -1.67. The molecular weight excluding hydrogens is 294 g/mol. The van der Waals surface area contributed by atoms with Gasteiger partial charge in [-0.1, -0.05) is 6.07 Å². The van der Waals surface area contributed by atoms with E-state index in [2.05, 4.69) is 5.32 Å². The van der Waals surface area contributed by atoms with Crippen molar-refractivity contribution in [3.63, 3.8) is 0 Å². The normalized spacial score (nSPS) is 20.6. The van der Waals surface area contributed by atoms with Crippen molar-refractivity contribution in [2.45, 2.75) is 19.0 Å². The topological polar surface area (TPSA) is 92.6 Å². The average molecular weight is 313 g/mol. The number of nitrogens with one attached hydrogen (secondary N) is 1. The molecule has 1 saturated heterocycles. The zero-order valence-electron chi connectivity index (χ0n) is 12.1. The second-order valence-electron chi connectivity index (χ2n) is 5.33. The van der Waals surface area contributed by atoms with Crippen LogP contribution in [0.25, 0.3) is 0 Å². The van der Waals surface area contributed by atoms with Gasteiger partial charge in [0, 0.05) is 25.7 Å². The van der Waals surface area contributed by atoms with Gasteiger partial charge >= 0.3 is 0 Å². The van der Waals surface area contributed by atoms with E-state index in [4.69, 9.17) is 0 Å². The Bertz CT molecular complexity index is 645. The van der Waals surface area contributed by atoms with E-state index in [1.807, 2.05) is 11.9 Å². The number of rotatable bonds is 5. The van der Waals surface area contributed by atoms with Crippen molar-refractivity contribution in [2.75, 3.05) is 30.9 Å². The summed E-state index contributed by atoms with van der Waals surface area (Å²) in [6, 6.07) is 4.93. The van der Waals surface area contributed by atoms with Crippen LogP contribution in [-0.4, -0.2) is 49.9 Å². The second kappa shape index (κ2) is 5.98. The lowest BCUT2D eigenvalue weighted by atomic mass is 10.1. The molecule has 1 N–H and O–H groups in total. The quantitative estimate of drug-likeness (QED) is 0.650. The standard InChI is InChI=1S/C13H19N3O4S/c1-14-12-7-10(3-4-13(12)16(17)18)8-15(2)11-5-6-21(19,20)9-11/h3-4,7,11,14H,5-6,8-9H2,1-2H3. The Balaban J connectivity index is 2.11. The van der Waals surface area contributed by atoms with Gasteiger partial charge in [0.15, 0.2) is 9.84 Å². The molecule has 7 nitrogen and oxygen atoms in total. The molecule has 0 radical (unpaired) electrons. The zero-order valence-corrected chi connectivity index (χ0v) is 12.9. The Kier molecular flexibility index (Phi) is 4.48. The van der Waals surface area contributed by atoms with E-state index in [0.717, 1.165) is 5.56 Å². The summed E-state index contributed by atoms with van der Waals surface area (Å²) in [7, 11) is 0.612. The third-order valence-corrected chi connectivity index (χ3v) is 5.54. The van der Waals surface area contributed by atoms with Crippen LogP contribution >= 0.6 is 0 Å². The first kappa shape index (κ1) is 15.7. The summed E-state index contributed by atoms with van der Waals surface area (Å²) in [5.41, 5.74) is 1.41. The maximum Gasteiger partial charge on any atom is 0.292 e. The Labute approximate surface area is 124 Å². The fourth-order valence-corrected chi connectivity index (χ4v) is 4.39. The summed E-state index contributed by atoms with van der Waals surface area (Å²) >= 11 is 0. The van der Waals surface area contributed by atoms with Crippen molar-refractivity contribution < 1.29 is 13.3 Å². The number of nitro groups is 1. The molecule has 0 aliphatic carbocycles. The van der Waals surface area contributed by atoms with Gasteiger partial charge in [-0.25, -0.2) is 8.42 Å². The molecule has 0 amide bonds. The molecule has 0 aromatic heterocycles. The van der Waals surface area contributed by atoms with Crippen molar-refractivity contribution in [3.8, 4) is 0 Å². The highest BCUT2D eigenvalue weighted by Crippen LogP contribution is 2.26. The van der Waals surface area contributed by atoms with Gasteiger partial charge in [0.1, 0.15) is 5.69 Å². The highest BCUT2D eigenvalue weighted by molar-refractivity contribution is 7.91. The SMILES string of the molecule is CNc1cc(CN(C)C2CCS(=O)(=O)C2)ccc1[N+](=O)[O-]. The van der Waals surface area contributed by atoms with Crippen molar-refractivity contribution in [1.82, 2.24) is 4.90 Å². The summed E-state index contributed by atoms with van der Waals surface area (Å²) in [4.78, 5) is 12.4. The lowest BCUT2D eigenvalue weighted by Gasteiger charge is -2.23. The van der Waals surface area contributed by atoms with Crippen LogP contribution in [0.5, 0.6) is 0 Å². The first-order chi connectivity index (χ1) is 9.82. The van der Waals surface area contributed by atoms with Gasteiger partial charge in [0.05, 0.1) is 16.4 Å². The molecule has 1 aliphatic heterocycles. The fraction of sp³-hybridized carbons (Fsp3) is 0.538. The third-order valence-electron chi connectivity index (χ3n) is 3.79. The number of benzene rings is 1. The van der Waals surface area contributed by atoms with Crippen LogP contribution in [0.4, 0.5) is 11.4 Å². The molecule has 1 aliphatic rings. The molecule has 8 heteroatoms. The van der Waals surface area contributed by atoms with E-state index in [1.54, 1.807) is 19.2 Å². The van der Waals surface area contributed by atoms with Gasteiger partial charge in [0.2, 0.25) is 0 Å². The van der Waals surface area contributed by atoms with Crippen LogP contribution in [0.2, 0.25) is 0 Å². The van der Waals surface area contributed by atoms with Crippen LogP contribution in [0, 0.1) is 10.1 Å². The number of anilines is 1. The van der Waals surface area contributed by atoms with E-state index >= 15 is 0 Å². The minimum absolute atomic E-state index is 0.0169. The summed E-state index contributed by atoms with van der Waals surface area (Å²) in [5, 5.41) is 13.7. The summed E-state index contributed by atoms with van der Waals surface area (Å²) in [6.07, 6.45) is 0.644. The van der Waals surface area contributed by atoms with E-state index in [0.29, 0.717) is 18.7 Å². The minimum atomic E-state index is -2.91. The lowest BCUT2D eigenvalue weighted by molar-refractivity contribution is -0.384. The van der Waals surface area contributed by atoms with Gasteiger partial charge < -0.3 is 5.32 Å². The molecule has 0 saturated carbocycles. The smallest absolute Gasteiger partial charge is 0.292 e. The van der Waals surface area contributed by atoms with Crippen LogP contribution in [0.3, 0.4) is 0 Å². The molecule has 0 bridgehead atoms. The van der Waals surface area contributed by atoms with Crippen LogP contribution in [0.1, 0.15) is 12.0 Å². The Morgan fingerprint density at radius 3 is 2.71 bits per heavy atom. The molecule has 116 valence electrons. The molecule has 1 aromatic carbocycles. The monoisotopic (exact) mass is 313 g/mol. The number of nitro benzene ring substituents is 1. The summed E-state index contributed by atoms with van der Waals surface area (Å²) in [5.74, 6) is 0.430. The van der Waals surface area contributed by atoms with Crippen LogP contribution in [0.15, 0.2) is 18.2 Å². The minimum Gasteiger partial charge on any atom is -0.383 e. The van der Waals surface area contributed by atoms with Crippen molar-refractivity contribution in [2.24, 2.45) is 0 Å². The number of sulfone groups is 1. The second-order valence-corrected chi connectivity index (χ2v) is 7.56. The Morgan fingerprint density at radius 1 is 1.48 bits per heavy atom. The van der Waals surface area contributed by atoms with Gasteiger partial charge in [-0.3, -0.25) is 15.0 Å². The van der Waals surface area contributed by atoms with Gasteiger partial charge in [-0.05, 0) is 25.1 Å². The molecule has 1 fully saturated rings. The van der Waals surface area contributed by atoms with E-state index in [1.165, 1.54) is 6.07 Å². The summed E-state index contributed by atoms with van der Waals surface area (Å²) in [6.45, 7) is 0.562. The van der Waals surface area contributed by atoms with Crippen LogP contribution < -0.4 is 5.32 Å². The number of hydrogen-bond donors (Lipinski definition) is 1. The molecule has 1 unspecified atom stereocenters. The van der Waals surface area contributed by atoms with E-state index in [-0.39, 0.29) is 23.2 Å². The molecular formula is C13H19N3O4S. The first-order valence-corrected chi connectivity index (χ1v) is 8.50. The third kappa shape index (κ3) is 3.70. The largest absolute Gasteiger partial charge is 0.383 e. The highest BCUT2D eigenvalue weighted by Gasteiger charge is 2.30. The number of nitrogens with zero attached hydrogens (tertiary/aromatic N) is 2. The van der Waals surface area contributed by atoms with Gasteiger partial charge in [-0.15, -0.1) is 0 Å². The maximum atomic E-state index is 11.5. The van der Waals surface area contributed by atoms with E-state index in [9.17, 15) is 18.5 Å². The van der Waals surface area contributed by atoms with Crippen molar-refractivity contribution in [3.05, 3.63) is 33.9 Å². The predicted octanol–water partition coefficient (Wildman–Crippen LogP) is 1.26. The van der Waals surface area contributed by atoms with Crippen LogP contribution in [-0.2, 0) is 16.4 Å². The van der Waals surface area contributed by atoms with E-state index < -0.39 is 14.8 Å². The molecule has 0 spiro atoms. The fourth-order valence-electron chi connectivity index (χ4n) is 2.58. The summed E-state index contributed by atoms with van der Waals surface area (Å²) < 4.78 is 23.0. The highest BCUT2D eigenvalue weighted by atomic mass is 32.2. The van der Waals surface area contributed by atoms with Gasteiger partial charge in [-0.2, -0.15) is 0 Å². The molecule has 2 rings (SSSR count).